The maximum atomic E-state index is 10.1. The highest BCUT2D eigenvalue weighted by molar-refractivity contribution is 5.45. The number of phenolic OH excluding ortho intramolecular Hbond substituents is 1. The van der Waals surface area contributed by atoms with Gasteiger partial charge in [-0.2, -0.15) is 0 Å². The zero-order valence-corrected chi connectivity index (χ0v) is 14.0. The molecule has 0 fully saturated rings. The Morgan fingerprint density at radius 3 is 2.00 bits per heavy atom. The molecule has 0 saturated heterocycles. The van der Waals surface area contributed by atoms with E-state index in [0.29, 0.717) is 5.75 Å². The first-order valence-corrected chi connectivity index (χ1v) is 7.57. The number of hydrogen-bond donors (Lipinski definition) is 1. The van der Waals surface area contributed by atoms with Gasteiger partial charge in [-0.3, -0.25) is 0 Å². The molecule has 0 unspecified atom stereocenters. The van der Waals surface area contributed by atoms with Crippen LogP contribution in [0.15, 0.2) is 30.3 Å². The van der Waals surface area contributed by atoms with E-state index in [-0.39, 0.29) is 5.41 Å². The van der Waals surface area contributed by atoms with E-state index in [1.54, 1.807) is 0 Å². The van der Waals surface area contributed by atoms with Crippen molar-refractivity contribution in [1.82, 2.24) is 0 Å². The number of aryl methyl sites for hydroxylation is 3. The molecule has 0 aliphatic rings. The van der Waals surface area contributed by atoms with Gasteiger partial charge in [0.25, 0.3) is 0 Å². The molecular weight excluding hydrogens is 256 g/mol. The number of phenols is 1. The Kier molecular flexibility index (Phi) is 4.13. The molecule has 0 aromatic heterocycles. The molecule has 0 radical (unpaired) electrons. The zero-order chi connectivity index (χ0) is 15.8. The van der Waals surface area contributed by atoms with Gasteiger partial charge in [0, 0.05) is 0 Å². The molecular formula is C20H26O. The van der Waals surface area contributed by atoms with Crippen molar-refractivity contribution in [2.45, 2.75) is 53.4 Å². The third-order valence-corrected chi connectivity index (χ3v) is 4.09. The van der Waals surface area contributed by atoms with Gasteiger partial charge in [0.2, 0.25) is 0 Å². The second-order valence-corrected chi connectivity index (χ2v) is 7.16. The van der Waals surface area contributed by atoms with Crippen molar-refractivity contribution in [3.63, 3.8) is 0 Å². The van der Waals surface area contributed by atoms with Crippen LogP contribution in [0.2, 0.25) is 0 Å². The Labute approximate surface area is 128 Å². The van der Waals surface area contributed by atoms with Gasteiger partial charge in [0.1, 0.15) is 5.75 Å². The van der Waals surface area contributed by atoms with E-state index in [1.165, 1.54) is 27.8 Å². The molecule has 0 amide bonds. The first-order chi connectivity index (χ1) is 9.68. The van der Waals surface area contributed by atoms with Gasteiger partial charge in [0.15, 0.2) is 0 Å². The summed E-state index contributed by atoms with van der Waals surface area (Å²) in [6, 6.07) is 10.5. The molecule has 2 rings (SSSR count). The monoisotopic (exact) mass is 282 g/mol. The third kappa shape index (κ3) is 3.47. The quantitative estimate of drug-likeness (QED) is 0.802. The number of rotatable bonds is 2. The zero-order valence-electron chi connectivity index (χ0n) is 14.0. The van der Waals surface area contributed by atoms with Crippen molar-refractivity contribution >= 4 is 0 Å². The first-order valence-electron chi connectivity index (χ1n) is 7.57. The Bertz CT molecular complexity index is 637. The van der Waals surface area contributed by atoms with E-state index in [9.17, 15) is 5.11 Å². The van der Waals surface area contributed by atoms with Crippen LogP contribution in [0.3, 0.4) is 0 Å². The Morgan fingerprint density at radius 2 is 1.48 bits per heavy atom. The molecule has 0 aliphatic heterocycles. The molecule has 0 spiro atoms. The lowest BCUT2D eigenvalue weighted by molar-refractivity contribution is 0.446. The maximum absolute atomic E-state index is 10.1. The molecule has 1 N–H and O–H groups in total. The minimum absolute atomic E-state index is 0.0442. The molecule has 0 saturated carbocycles. The van der Waals surface area contributed by atoms with Crippen molar-refractivity contribution in [3.05, 3.63) is 63.7 Å². The Balaban J connectivity index is 2.42. The highest BCUT2D eigenvalue weighted by Gasteiger charge is 2.18. The summed E-state index contributed by atoms with van der Waals surface area (Å²) >= 11 is 0. The summed E-state index contributed by atoms with van der Waals surface area (Å²) in [4.78, 5) is 0. The second-order valence-electron chi connectivity index (χ2n) is 7.16. The summed E-state index contributed by atoms with van der Waals surface area (Å²) in [7, 11) is 0. The van der Waals surface area contributed by atoms with Gasteiger partial charge in [-0.25, -0.2) is 0 Å². The van der Waals surface area contributed by atoms with Crippen molar-refractivity contribution in [3.8, 4) is 5.75 Å². The van der Waals surface area contributed by atoms with Crippen LogP contribution in [-0.2, 0) is 11.8 Å². The first kappa shape index (κ1) is 15.6. The predicted molar refractivity (Wildman–Crippen MR) is 90.3 cm³/mol. The predicted octanol–water partition coefficient (Wildman–Crippen LogP) is 5.21. The van der Waals surface area contributed by atoms with Gasteiger partial charge < -0.3 is 5.11 Å². The fraction of sp³-hybridized carbons (Fsp3) is 0.400. The molecule has 0 heterocycles. The second kappa shape index (κ2) is 5.55. The molecule has 1 nitrogen and oxygen atoms in total. The van der Waals surface area contributed by atoms with Crippen LogP contribution in [0, 0.1) is 20.8 Å². The van der Waals surface area contributed by atoms with Gasteiger partial charge in [-0.15, -0.1) is 0 Å². The summed E-state index contributed by atoms with van der Waals surface area (Å²) in [5, 5.41) is 10.1. The summed E-state index contributed by atoms with van der Waals surface area (Å²) in [6.07, 6.45) is 0.918. The highest BCUT2D eigenvalue weighted by Crippen LogP contribution is 2.32. The van der Waals surface area contributed by atoms with E-state index in [0.717, 1.165) is 12.0 Å². The Morgan fingerprint density at radius 1 is 0.905 bits per heavy atom. The van der Waals surface area contributed by atoms with Crippen LogP contribution in [-0.4, -0.2) is 5.11 Å². The smallest absolute Gasteiger partial charge is 0.119 e. The minimum Gasteiger partial charge on any atom is -0.508 e. The number of benzene rings is 2. The summed E-state index contributed by atoms with van der Waals surface area (Å²) in [5.74, 6) is 0.392. The Hall–Kier alpha value is -1.76. The van der Waals surface area contributed by atoms with E-state index in [4.69, 9.17) is 0 Å². The third-order valence-electron chi connectivity index (χ3n) is 4.09. The summed E-state index contributed by atoms with van der Waals surface area (Å²) in [5.41, 5.74) is 7.63. The average molecular weight is 282 g/mol. The van der Waals surface area contributed by atoms with Crippen molar-refractivity contribution in [2.24, 2.45) is 0 Å². The molecule has 21 heavy (non-hydrogen) atoms. The molecule has 2 aromatic rings. The van der Waals surface area contributed by atoms with Crippen molar-refractivity contribution in [1.29, 1.82) is 0 Å². The fourth-order valence-corrected chi connectivity index (χ4v) is 2.99. The van der Waals surface area contributed by atoms with Crippen LogP contribution in [0.25, 0.3) is 0 Å². The SMILES string of the molecule is Cc1cc(C)c(Cc2ccc(O)c(C(C)(C)C)c2)c(C)c1. The van der Waals surface area contributed by atoms with Gasteiger partial charge in [0.05, 0.1) is 0 Å². The molecule has 112 valence electrons. The van der Waals surface area contributed by atoms with Crippen molar-refractivity contribution < 1.29 is 5.11 Å². The molecule has 0 atom stereocenters. The largest absolute Gasteiger partial charge is 0.508 e. The lowest BCUT2D eigenvalue weighted by Crippen LogP contribution is -2.12. The van der Waals surface area contributed by atoms with E-state index < -0.39 is 0 Å². The van der Waals surface area contributed by atoms with E-state index in [2.05, 4.69) is 59.7 Å². The highest BCUT2D eigenvalue weighted by atomic mass is 16.3. The molecule has 2 aromatic carbocycles. The number of aromatic hydroxyl groups is 1. The standard InChI is InChI=1S/C20H26O/c1-13-9-14(2)17(15(3)10-13)11-16-7-8-19(21)18(12-16)20(4,5)6/h7-10,12,21H,11H2,1-6H3. The lowest BCUT2D eigenvalue weighted by Gasteiger charge is -2.21. The number of hydrogen-bond acceptors (Lipinski definition) is 1. The van der Waals surface area contributed by atoms with Gasteiger partial charge in [-0.1, -0.05) is 50.6 Å². The maximum Gasteiger partial charge on any atom is 0.119 e. The van der Waals surface area contributed by atoms with Gasteiger partial charge in [-0.05, 0) is 66.5 Å². The van der Waals surface area contributed by atoms with Crippen LogP contribution < -0.4 is 0 Å². The topological polar surface area (TPSA) is 20.2 Å². The lowest BCUT2D eigenvalue weighted by atomic mass is 9.84. The fourth-order valence-electron chi connectivity index (χ4n) is 2.99. The summed E-state index contributed by atoms with van der Waals surface area (Å²) in [6.45, 7) is 12.9. The minimum atomic E-state index is -0.0442. The van der Waals surface area contributed by atoms with Crippen LogP contribution >= 0.6 is 0 Å². The van der Waals surface area contributed by atoms with Crippen LogP contribution in [0.4, 0.5) is 0 Å². The van der Waals surface area contributed by atoms with E-state index >= 15 is 0 Å². The van der Waals surface area contributed by atoms with Crippen molar-refractivity contribution in [2.75, 3.05) is 0 Å². The summed E-state index contributed by atoms with van der Waals surface area (Å²) < 4.78 is 0. The molecule has 1 heteroatoms. The van der Waals surface area contributed by atoms with Crippen LogP contribution in [0.1, 0.15) is 54.2 Å². The van der Waals surface area contributed by atoms with Gasteiger partial charge >= 0.3 is 0 Å². The van der Waals surface area contributed by atoms with Crippen LogP contribution in [0.5, 0.6) is 5.75 Å². The average Bonchev–Trinajstić information content (AvgIpc) is 2.34. The molecule has 0 bridgehead atoms. The molecule has 0 aliphatic carbocycles. The van der Waals surface area contributed by atoms with E-state index in [1.807, 2.05) is 12.1 Å². The normalized spacial score (nSPS) is 11.7.